The van der Waals surface area contributed by atoms with Crippen LogP contribution in [0.25, 0.3) is 11.4 Å². The summed E-state index contributed by atoms with van der Waals surface area (Å²) in [7, 11) is 0. The van der Waals surface area contributed by atoms with Crippen molar-refractivity contribution in [2.75, 3.05) is 6.61 Å². The minimum absolute atomic E-state index is 0.132. The summed E-state index contributed by atoms with van der Waals surface area (Å²) in [6.07, 6.45) is 0. The van der Waals surface area contributed by atoms with Gasteiger partial charge >= 0.3 is 5.97 Å². The van der Waals surface area contributed by atoms with Crippen molar-refractivity contribution in [1.82, 2.24) is 10.1 Å². The van der Waals surface area contributed by atoms with Crippen LogP contribution < -0.4 is 4.74 Å². The molecule has 0 aliphatic rings. The minimum Gasteiger partial charge on any atom is -0.482 e. The maximum atomic E-state index is 11.8. The summed E-state index contributed by atoms with van der Waals surface area (Å²) in [6, 6.07) is 12.9. The molecule has 0 bridgehead atoms. The van der Waals surface area contributed by atoms with Gasteiger partial charge in [0.15, 0.2) is 13.2 Å². The van der Waals surface area contributed by atoms with E-state index in [1.54, 1.807) is 12.1 Å². The number of aromatic nitrogens is 2. The molecule has 0 unspecified atom stereocenters. The molecule has 0 saturated carbocycles. The third-order valence-corrected chi connectivity index (χ3v) is 3.82. The fourth-order valence-electron chi connectivity index (χ4n) is 2.41. The molecule has 1 heterocycles. The van der Waals surface area contributed by atoms with E-state index >= 15 is 0 Å². The maximum absolute atomic E-state index is 11.8. The topological polar surface area (TPSA) is 74.5 Å². The Morgan fingerprint density at radius 3 is 2.62 bits per heavy atom. The summed E-state index contributed by atoms with van der Waals surface area (Å²) in [4.78, 5) is 16.0. The second-order valence-electron chi connectivity index (χ2n) is 5.76. The van der Waals surface area contributed by atoms with Crippen molar-refractivity contribution in [1.29, 1.82) is 0 Å². The third-order valence-electron chi connectivity index (χ3n) is 3.49. The van der Waals surface area contributed by atoms with Crippen LogP contribution in [0.15, 0.2) is 47.0 Å². The van der Waals surface area contributed by atoms with Gasteiger partial charge in [0.05, 0.1) is 5.02 Å². The number of rotatable bonds is 6. The molecule has 0 atom stereocenters. The van der Waals surface area contributed by atoms with Crippen molar-refractivity contribution in [3.63, 3.8) is 0 Å². The van der Waals surface area contributed by atoms with Gasteiger partial charge in [0, 0.05) is 5.56 Å². The Kier molecular flexibility index (Phi) is 5.53. The van der Waals surface area contributed by atoms with Crippen LogP contribution in [0.1, 0.15) is 17.0 Å². The van der Waals surface area contributed by atoms with E-state index in [0.717, 1.165) is 11.1 Å². The quantitative estimate of drug-likeness (QED) is 0.606. The van der Waals surface area contributed by atoms with Crippen molar-refractivity contribution >= 4 is 17.6 Å². The Morgan fingerprint density at radius 1 is 1.15 bits per heavy atom. The largest absolute Gasteiger partial charge is 0.482 e. The summed E-state index contributed by atoms with van der Waals surface area (Å²) < 4.78 is 15.6. The van der Waals surface area contributed by atoms with E-state index in [4.69, 9.17) is 25.6 Å². The molecule has 7 heteroatoms. The fraction of sp³-hybridized carbons (Fsp3) is 0.211. The van der Waals surface area contributed by atoms with Gasteiger partial charge in [-0.3, -0.25) is 0 Å². The molecule has 0 saturated heterocycles. The number of benzene rings is 2. The molecule has 6 nitrogen and oxygen atoms in total. The first-order valence-corrected chi connectivity index (χ1v) is 8.33. The van der Waals surface area contributed by atoms with Gasteiger partial charge in [0.2, 0.25) is 5.82 Å². The average molecular weight is 373 g/mol. The lowest BCUT2D eigenvalue weighted by molar-refractivity contribution is -0.148. The van der Waals surface area contributed by atoms with Crippen LogP contribution in [0, 0.1) is 13.8 Å². The lowest BCUT2D eigenvalue weighted by Gasteiger charge is -2.07. The lowest BCUT2D eigenvalue weighted by Crippen LogP contribution is -2.15. The van der Waals surface area contributed by atoms with Gasteiger partial charge in [-0.2, -0.15) is 4.98 Å². The first kappa shape index (κ1) is 17.9. The summed E-state index contributed by atoms with van der Waals surface area (Å²) in [5.41, 5.74) is 2.77. The van der Waals surface area contributed by atoms with E-state index in [-0.39, 0.29) is 19.1 Å². The summed E-state index contributed by atoms with van der Waals surface area (Å²) in [5.74, 6) is 0.618. The van der Waals surface area contributed by atoms with Crippen molar-refractivity contribution in [3.05, 3.63) is 64.5 Å². The van der Waals surface area contributed by atoms with Gasteiger partial charge in [-0.05, 0) is 49.2 Å². The van der Waals surface area contributed by atoms with Gasteiger partial charge in [0.25, 0.3) is 5.89 Å². The Morgan fingerprint density at radius 2 is 1.88 bits per heavy atom. The van der Waals surface area contributed by atoms with E-state index < -0.39 is 5.97 Å². The molecule has 3 aromatic rings. The van der Waals surface area contributed by atoms with Gasteiger partial charge in [-0.15, -0.1) is 0 Å². The second kappa shape index (κ2) is 8.01. The standard InChI is InChI=1S/C19H17ClN2O4/c1-12-7-13(2)9-14(8-12)24-11-18(23)25-10-17-21-19(22-26-17)15-5-3-4-6-16(15)20/h3-9H,10-11H2,1-2H3. The zero-order chi connectivity index (χ0) is 18.5. The Hall–Kier alpha value is -2.86. The maximum Gasteiger partial charge on any atom is 0.344 e. The molecular weight excluding hydrogens is 356 g/mol. The number of hydrogen-bond donors (Lipinski definition) is 0. The minimum atomic E-state index is -0.526. The first-order chi connectivity index (χ1) is 12.5. The van der Waals surface area contributed by atoms with Gasteiger partial charge in [-0.1, -0.05) is 35.0 Å². The summed E-state index contributed by atoms with van der Waals surface area (Å²) >= 11 is 6.09. The number of hydrogen-bond acceptors (Lipinski definition) is 6. The highest BCUT2D eigenvalue weighted by atomic mass is 35.5. The molecule has 0 aliphatic heterocycles. The number of aryl methyl sites for hydroxylation is 2. The zero-order valence-electron chi connectivity index (χ0n) is 14.4. The van der Waals surface area contributed by atoms with Crippen molar-refractivity contribution in [2.24, 2.45) is 0 Å². The third kappa shape index (κ3) is 4.61. The lowest BCUT2D eigenvalue weighted by atomic mass is 10.1. The predicted molar refractivity (Wildman–Crippen MR) is 96.0 cm³/mol. The van der Waals surface area contributed by atoms with E-state index in [1.807, 2.05) is 44.2 Å². The zero-order valence-corrected chi connectivity index (χ0v) is 15.1. The monoisotopic (exact) mass is 372 g/mol. The molecule has 26 heavy (non-hydrogen) atoms. The van der Waals surface area contributed by atoms with Crippen molar-refractivity contribution < 1.29 is 18.8 Å². The SMILES string of the molecule is Cc1cc(C)cc(OCC(=O)OCc2nc(-c3ccccc3Cl)no2)c1. The molecule has 0 radical (unpaired) electrons. The first-order valence-electron chi connectivity index (χ1n) is 7.95. The number of halogens is 1. The highest BCUT2D eigenvalue weighted by Crippen LogP contribution is 2.25. The number of esters is 1. The van der Waals surface area contributed by atoms with Crippen LogP contribution in [0.2, 0.25) is 5.02 Å². The van der Waals surface area contributed by atoms with E-state index in [2.05, 4.69) is 10.1 Å². The number of nitrogens with zero attached hydrogens (tertiary/aromatic N) is 2. The molecule has 1 aromatic heterocycles. The second-order valence-corrected chi connectivity index (χ2v) is 6.17. The Bertz CT molecular complexity index is 903. The molecular formula is C19H17ClN2O4. The van der Waals surface area contributed by atoms with Gasteiger partial charge in [0.1, 0.15) is 5.75 Å². The average Bonchev–Trinajstić information content (AvgIpc) is 3.06. The molecule has 134 valence electrons. The Balaban J connectivity index is 1.53. The van der Waals surface area contributed by atoms with Crippen LogP contribution in [0.4, 0.5) is 0 Å². The van der Waals surface area contributed by atoms with Crippen molar-refractivity contribution in [2.45, 2.75) is 20.5 Å². The fourth-order valence-corrected chi connectivity index (χ4v) is 2.63. The van der Waals surface area contributed by atoms with Crippen LogP contribution in [0.3, 0.4) is 0 Å². The van der Waals surface area contributed by atoms with Crippen LogP contribution in [0.5, 0.6) is 5.75 Å². The van der Waals surface area contributed by atoms with Crippen LogP contribution in [-0.4, -0.2) is 22.7 Å². The normalized spacial score (nSPS) is 10.6. The molecule has 2 aromatic carbocycles. The molecule has 0 aliphatic carbocycles. The molecule has 0 amide bonds. The summed E-state index contributed by atoms with van der Waals surface area (Å²) in [6.45, 7) is 3.59. The van der Waals surface area contributed by atoms with Gasteiger partial charge < -0.3 is 14.0 Å². The van der Waals surface area contributed by atoms with Crippen molar-refractivity contribution in [3.8, 4) is 17.1 Å². The predicted octanol–water partition coefficient (Wildman–Crippen LogP) is 4.13. The number of carbonyl (C=O) groups excluding carboxylic acids is 1. The number of carbonyl (C=O) groups is 1. The summed E-state index contributed by atoms with van der Waals surface area (Å²) in [5, 5.41) is 4.36. The van der Waals surface area contributed by atoms with E-state index in [9.17, 15) is 4.79 Å². The molecule has 0 N–H and O–H groups in total. The van der Waals surface area contributed by atoms with E-state index in [1.165, 1.54) is 0 Å². The van der Waals surface area contributed by atoms with Crippen LogP contribution in [-0.2, 0) is 16.1 Å². The molecule has 3 rings (SSSR count). The van der Waals surface area contributed by atoms with E-state index in [0.29, 0.717) is 22.2 Å². The van der Waals surface area contributed by atoms with Crippen LogP contribution >= 0.6 is 11.6 Å². The van der Waals surface area contributed by atoms with Gasteiger partial charge in [-0.25, -0.2) is 4.79 Å². The molecule has 0 fully saturated rings. The highest BCUT2D eigenvalue weighted by molar-refractivity contribution is 6.33. The smallest absolute Gasteiger partial charge is 0.344 e. The Labute approximate surface area is 155 Å². The number of ether oxygens (including phenoxy) is 2. The highest BCUT2D eigenvalue weighted by Gasteiger charge is 2.13. The molecule has 0 spiro atoms.